The van der Waals surface area contributed by atoms with E-state index in [1.807, 2.05) is 12.1 Å². The van der Waals surface area contributed by atoms with Crippen LogP contribution in [0.15, 0.2) is 271 Å². The number of aromatic nitrogens is 4. The molecule has 0 amide bonds. The summed E-state index contributed by atoms with van der Waals surface area (Å²) in [6.07, 6.45) is 0. The van der Waals surface area contributed by atoms with Crippen molar-refractivity contribution in [2.45, 2.75) is 0 Å². The molecular weight excluding hydrogens is 901 g/mol. The van der Waals surface area contributed by atoms with Crippen molar-refractivity contribution in [2.75, 3.05) is 0 Å². The minimum atomic E-state index is 0.586. The molecule has 0 radical (unpaired) electrons. The van der Waals surface area contributed by atoms with Gasteiger partial charge in [-0.25, -0.2) is 15.0 Å². The van der Waals surface area contributed by atoms with E-state index in [1.165, 1.54) is 21.9 Å². The van der Waals surface area contributed by atoms with Gasteiger partial charge in [-0.1, -0.05) is 206 Å². The zero-order chi connectivity index (χ0) is 49.0. The summed E-state index contributed by atoms with van der Waals surface area (Å²) in [4.78, 5) is 15.9. The quantitative estimate of drug-likeness (QED) is 0.145. The molecule has 0 atom stereocenters. The van der Waals surface area contributed by atoms with Gasteiger partial charge in [0.25, 0.3) is 0 Å². The highest BCUT2D eigenvalue weighted by Crippen LogP contribution is 2.39. The average Bonchev–Trinajstić information content (AvgIpc) is 4.04. The van der Waals surface area contributed by atoms with Crippen LogP contribution in [0, 0.1) is 0 Å². The summed E-state index contributed by atoms with van der Waals surface area (Å²) in [6.45, 7) is 0. The van der Waals surface area contributed by atoms with Crippen LogP contribution in [-0.2, 0) is 0 Å². The van der Waals surface area contributed by atoms with Crippen LogP contribution < -0.4 is 0 Å². The Labute approximate surface area is 428 Å². The standard InChI is InChI=1S/C69H44N4O/c1-2-17-45(18-3-1)46-19-10-20-47(39-46)48-21-11-22-49(40-48)51-24-13-27-54(42-51)67-70-68(72-69(71-67)56-29-15-30-57(44-56)73-63-36-7-4-31-59(63)60-32-5-8-37-64(60)73)55-28-14-25-52(43-55)50-23-12-26-53(41-50)58-34-16-35-62-61-33-6-9-38-65(61)74-66(58)62/h1-44H. The first-order valence-electron chi connectivity index (χ1n) is 25.0. The van der Waals surface area contributed by atoms with E-state index in [0.29, 0.717) is 17.5 Å². The van der Waals surface area contributed by atoms with E-state index in [4.69, 9.17) is 19.4 Å². The van der Waals surface area contributed by atoms with Crippen LogP contribution in [0.2, 0.25) is 0 Å². The fourth-order valence-corrected chi connectivity index (χ4v) is 10.7. The maximum atomic E-state index is 6.47. The molecule has 0 N–H and O–H groups in total. The zero-order valence-corrected chi connectivity index (χ0v) is 40.1. The molecule has 0 aliphatic carbocycles. The van der Waals surface area contributed by atoms with Gasteiger partial charge in [0.2, 0.25) is 0 Å². The topological polar surface area (TPSA) is 56.7 Å². The van der Waals surface area contributed by atoms with Crippen LogP contribution >= 0.6 is 0 Å². The van der Waals surface area contributed by atoms with Crippen molar-refractivity contribution in [3.63, 3.8) is 0 Å². The lowest BCUT2D eigenvalue weighted by atomic mass is 9.95. The molecule has 0 unspecified atom stereocenters. The number of fused-ring (bicyclic) bond motifs is 6. The Kier molecular flexibility index (Phi) is 10.4. The lowest BCUT2D eigenvalue weighted by molar-refractivity contribution is 0.670. The highest BCUT2D eigenvalue weighted by Gasteiger charge is 2.18. The summed E-state index contributed by atoms with van der Waals surface area (Å²) in [6, 6.07) is 94.1. The summed E-state index contributed by atoms with van der Waals surface area (Å²) in [5, 5.41) is 4.64. The van der Waals surface area contributed by atoms with Gasteiger partial charge in [-0.05, 0) is 111 Å². The first-order chi connectivity index (χ1) is 36.6. The summed E-state index contributed by atoms with van der Waals surface area (Å²) in [5.74, 6) is 1.76. The normalized spacial score (nSPS) is 11.5. The van der Waals surface area contributed by atoms with Gasteiger partial charge in [-0.2, -0.15) is 0 Å². The van der Waals surface area contributed by atoms with E-state index in [-0.39, 0.29) is 0 Å². The van der Waals surface area contributed by atoms with Gasteiger partial charge in [-0.15, -0.1) is 0 Å². The van der Waals surface area contributed by atoms with Gasteiger partial charge in [-0.3, -0.25) is 0 Å². The Bertz CT molecular complexity index is 4400. The molecule has 0 bridgehead atoms. The smallest absolute Gasteiger partial charge is 0.164 e. The third-order valence-electron chi connectivity index (χ3n) is 14.2. The lowest BCUT2D eigenvalue weighted by Gasteiger charge is -2.13. The van der Waals surface area contributed by atoms with Gasteiger partial charge in [0, 0.05) is 49.5 Å². The third-order valence-corrected chi connectivity index (χ3v) is 14.2. The Morgan fingerprint density at radius 3 is 1.18 bits per heavy atom. The van der Waals surface area contributed by atoms with Gasteiger partial charge >= 0.3 is 0 Å². The minimum Gasteiger partial charge on any atom is -0.455 e. The fraction of sp³-hybridized carbons (Fsp3) is 0. The summed E-state index contributed by atoms with van der Waals surface area (Å²) in [7, 11) is 0. The van der Waals surface area contributed by atoms with Crippen LogP contribution in [0.1, 0.15) is 0 Å². The molecule has 0 spiro atoms. The average molecular weight is 945 g/mol. The molecule has 14 rings (SSSR count). The van der Waals surface area contributed by atoms with E-state index in [9.17, 15) is 0 Å². The van der Waals surface area contributed by atoms with E-state index in [1.54, 1.807) is 0 Å². The maximum Gasteiger partial charge on any atom is 0.164 e. The van der Waals surface area contributed by atoms with E-state index < -0.39 is 0 Å². The van der Waals surface area contributed by atoms with Crippen molar-refractivity contribution in [3.05, 3.63) is 267 Å². The van der Waals surface area contributed by atoms with Crippen molar-refractivity contribution >= 4 is 43.7 Å². The summed E-state index contributed by atoms with van der Waals surface area (Å²) < 4.78 is 8.80. The number of nitrogens with zero attached hydrogens (tertiary/aromatic N) is 4. The second kappa shape index (κ2) is 18.0. The first-order valence-corrected chi connectivity index (χ1v) is 25.0. The second-order valence-electron chi connectivity index (χ2n) is 18.8. The van der Waals surface area contributed by atoms with Gasteiger partial charge < -0.3 is 8.98 Å². The van der Waals surface area contributed by atoms with Crippen LogP contribution in [0.3, 0.4) is 0 Å². The fourth-order valence-electron chi connectivity index (χ4n) is 10.7. The van der Waals surface area contributed by atoms with E-state index >= 15 is 0 Å². The maximum absolute atomic E-state index is 6.47. The number of furan rings is 1. The number of rotatable bonds is 9. The molecule has 11 aromatic carbocycles. The molecule has 3 aromatic heterocycles. The molecule has 5 heteroatoms. The molecule has 0 aliphatic rings. The molecular formula is C69H44N4O. The SMILES string of the molecule is c1ccc(-c2cccc(-c3cccc(-c4cccc(-c5nc(-c6cccc(-c7cccc(-c8cccc9c8oc8ccccc89)c7)c6)nc(-c6cccc(-n7c8ccccc8c8ccccc87)c6)n5)c4)c3)c2)cc1. The number of para-hydroxylation sites is 4. The number of benzene rings is 11. The lowest BCUT2D eigenvalue weighted by Crippen LogP contribution is -2.01. The number of hydrogen-bond acceptors (Lipinski definition) is 4. The largest absolute Gasteiger partial charge is 0.455 e. The van der Waals surface area contributed by atoms with Crippen molar-refractivity contribution in [1.29, 1.82) is 0 Å². The van der Waals surface area contributed by atoms with Gasteiger partial charge in [0.05, 0.1) is 11.0 Å². The monoisotopic (exact) mass is 944 g/mol. The first kappa shape index (κ1) is 42.9. The predicted molar refractivity (Wildman–Crippen MR) is 305 cm³/mol. The van der Waals surface area contributed by atoms with Gasteiger partial charge in [0.15, 0.2) is 17.5 Å². The van der Waals surface area contributed by atoms with E-state index in [2.05, 4.69) is 259 Å². The summed E-state index contributed by atoms with van der Waals surface area (Å²) >= 11 is 0. The van der Waals surface area contributed by atoms with Crippen molar-refractivity contribution in [1.82, 2.24) is 19.5 Å². The third kappa shape index (κ3) is 7.72. The Morgan fingerprint density at radius 2 is 0.622 bits per heavy atom. The Hall–Kier alpha value is -9.97. The molecule has 5 nitrogen and oxygen atoms in total. The van der Waals surface area contributed by atoms with Crippen molar-refractivity contribution in [2.24, 2.45) is 0 Å². The molecule has 0 aliphatic heterocycles. The molecule has 74 heavy (non-hydrogen) atoms. The zero-order valence-electron chi connectivity index (χ0n) is 40.1. The van der Waals surface area contributed by atoms with Gasteiger partial charge in [0.1, 0.15) is 11.2 Å². The van der Waals surface area contributed by atoms with Crippen LogP contribution in [0.5, 0.6) is 0 Å². The minimum absolute atomic E-state index is 0.586. The number of hydrogen-bond donors (Lipinski definition) is 0. The molecule has 346 valence electrons. The molecule has 0 saturated heterocycles. The molecule has 3 heterocycles. The highest BCUT2D eigenvalue weighted by molar-refractivity contribution is 6.10. The Balaban J connectivity index is 0.880. The molecule has 14 aromatic rings. The Morgan fingerprint density at radius 1 is 0.257 bits per heavy atom. The predicted octanol–water partition coefficient (Wildman–Crippen LogP) is 18.2. The molecule has 0 fully saturated rings. The van der Waals surface area contributed by atoms with Crippen LogP contribution in [-0.4, -0.2) is 19.5 Å². The van der Waals surface area contributed by atoms with Crippen molar-refractivity contribution in [3.8, 4) is 95.5 Å². The second-order valence-corrected chi connectivity index (χ2v) is 18.8. The van der Waals surface area contributed by atoms with E-state index in [0.717, 1.165) is 99.9 Å². The molecule has 0 saturated carbocycles. The van der Waals surface area contributed by atoms with Crippen molar-refractivity contribution < 1.29 is 4.42 Å². The highest BCUT2D eigenvalue weighted by atomic mass is 16.3. The summed E-state index contributed by atoms with van der Waals surface area (Å²) in [5.41, 5.74) is 18.9. The van der Waals surface area contributed by atoms with Crippen LogP contribution in [0.25, 0.3) is 139 Å². The van der Waals surface area contributed by atoms with Crippen LogP contribution in [0.4, 0.5) is 0 Å².